The molecule has 2 heteroatoms. The molecule has 0 unspecified atom stereocenters. The minimum atomic E-state index is 1.17. The van der Waals surface area contributed by atoms with E-state index in [1.165, 1.54) is 110 Å². The highest BCUT2D eigenvalue weighted by atomic mass is 15.0. The summed E-state index contributed by atoms with van der Waals surface area (Å²) in [7, 11) is 0. The van der Waals surface area contributed by atoms with Crippen LogP contribution in [0, 0.1) is 13.8 Å². The summed E-state index contributed by atoms with van der Waals surface area (Å²) >= 11 is 0. The molecule has 0 saturated heterocycles. The molecule has 0 spiro atoms. The van der Waals surface area contributed by atoms with E-state index in [0.29, 0.717) is 0 Å². The molecule has 0 aliphatic heterocycles. The Morgan fingerprint density at radius 3 is 1.21 bits per heavy atom. The lowest BCUT2D eigenvalue weighted by Crippen LogP contribution is -1.97. The second-order valence-electron chi connectivity index (χ2n) is 14.2. The maximum absolute atomic E-state index is 2.45. The number of hydrogen-bond donors (Lipinski definition) is 0. The van der Waals surface area contributed by atoms with Crippen molar-refractivity contribution in [3.8, 4) is 22.5 Å². The molecule has 0 fully saturated rings. The summed E-state index contributed by atoms with van der Waals surface area (Å²) in [5.74, 6) is 0. The zero-order valence-electron chi connectivity index (χ0n) is 29.1. The fraction of sp³-hybridized carbons (Fsp3) is 0.0400. The van der Waals surface area contributed by atoms with Crippen molar-refractivity contribution >= 4 is 75.9 Å². The molecule has 2 nitrogen and oxygen atoms in total. The Balaban J connectivity index is 1.14. The lowest BCUT2D eigenvalue weighted by Gasteiger charge is -2.17. The Kier molecular flexibility index (Phi) is 6.12. The van der Waals surface area contributed by atoms with Crippen LogP contribution in [0.25, 0.3) is 98.4 Å². The van der Waals surface area contributed by atoms with Crippen molar-refractivity contribution in [1.29, 1.82) is 0 Å². The monoisotopic (exact) mass is 662 g/mol. The van der Waals surface area contributed by atoms with Crippen LogP contribution in [0.15, 0.2) is 170 Å². The number of para-hydroxylation sites is 3. The second-order valence-corrected chi connectivity index (χ2v) is 14.2. The van der Waals surface area contributed by atoms with Gasteiger partial charge in [-0.1, -0.05) is 115 Å². The second kappa shape index (κ2) is 10.9. The summed E-state index contributed by atoms with van der Waals surface area (Å²) in [6.07, 6.45) is 0. The van der Waals surface area contributed by atoms with E-state index < -0.39 is 0 Å². The largest absolute Gasteiger partial charge is 0.309 e. The van der Waals surface area contributed by atoms with Crippen LogP contribution in [0.3, 0.4) is 0 Å². The summed E-state index contributed by atoms with van der Waals surface area (Å²) in [5, 5.41) is 12.9. The van der Waals surface area contributed by atoms with Gasteiger partial charge in [-0.25, -0.2) is 0 Å². The summed E-state index contributed by atoms with van der Waals surface area (Å²) in [5.41, 5.74) is 12.3. The van der Waals surface area contributed by atoms with E-state index in [2.05, 4.69) is 193 Å². The van der Waals surface area contributed by atoms with Crippen LogP contribution in [0.5, 0.6) is 0 Å². The lowest BCUT2D eigenvalue weighted by atomic mass is 9.88. The van der Waals surface area contributed by atoms with E-state index in [1.807, 2.05) is 0 Å². The highest BCUT2D eigenvalue weighted by molar-refractivity contribution is 6.26. The van der Waals surface area contributed by atoms with Crippen molar-refractivity contribution in [3.63, 3.8) is 0 Å². The van der Waals surface area contributed by atoms with Gasteiger partial charge in [0.2, 0.25) is 0 Å². The van der Waals surface area contributed by atoms with E-state index in [9.17, 15) is 0 Å². The van der Waals surface area contributed by atoms with Gasteiger partial charge in [-0.3, -0.25) is 0 Å². The zero-order valence-corrected chi connectivity index (χ0v) is 29.1. The standard InChI is InChI=1S/C50H34N2/c1-31-23-24-33(28-42(31)43-30-45-38-16-6-4-14-36(38)35-13-3-5-15-37(35)44(45)27-32(43)2)52-49-22-12-9-19-41(49)46-29-34(25-26-50(46)52)51-47-20-10-7-17-39(47)40-18-8-11-21-48(40)51/h3-30H,1-2H3. The third-order valence-corrected chi connectivity index (χ3v) is 11.4. The molecule has 0 aliphatic rings. The van der Waals surface area contributed by atoms with Crippen molar-refractivity contribution < 1.29 is 0 Å². The molecular formula is C50H34N2. The van der Waals surface area contributed by atoms with Crippen molar-refractivity contribution in [2.24, 2.45) is 0 Å². The van der Waals surface area contributed by atoms with Gasteiger partial charge in [0.1, 0.15) is 0 Å². The third kappa shape index (κ3) is 4.06. The summed E-state index contributed by atoms with van der Waals surface area (Å²) < 4.78 is 4.86. The molecule has 2 aromatic heterocycles. The number of aryl methyl sites for hydroxylation is 2. The topological polar surface area (TPSA) is 9.86 Å². The smallest absolute Gasteiger partial charge is 0.0542 e. The Morgan fingerprint density at radius 1 is 0.269 bits per heavy atom. The number of benzene rings is 9. The Hall–Kier alpha value is -6.64. The van der Waals surface area contributed by atoms with Gasteiger partial charge in [-0.2, -0.15) is 0 Å². The van der Waals surface area contributed by atoms with E-state index in [4.69, 9.17) is 0 Å². The van der Waals surface area contributed by atoms with Gasteiger partial charge in [0.15, 0.2) is 0 Å². The molecule has 0 N–H and O–H groups in total. The highest BCUT2D eigenvalue weighted by Gasteiger charge is 2.18. The maximum Gasteiger partial charge on any atom is 0.0542 e. The van der Waals surface area contributed by atoms with E-state index in [-0.39, 0.29) is 0 Å². The van der Waals surface area contributed by atoms with E-state index >= 15 is 0 Å². The van der Waals surface area contributed by atoms with Gasteiger partial charge < -0.3 is 9.13 Å². The minimum absolute atomic E-state index is 1.17. The number of nitrogens with zero attached hydrogens (tertiary/aromatic N) is 2. The number of aromatic nitrogens is 2. The first-order valence-corrected chi connectivity index (χ1v) is 18.1. The summed E-state index contributed by atoms with van der Waals surface area (Å²) in [6, 6.07) is 62.8. The van der Waals surface area contributed by atoms with Crippen molar-refractivity contribution in [2.45, 2.75) is 13.8 Å². The van der Waals surface area contributed by atoms with Crippen LogP contribution in [0.2, 0.25) is 0 Å². The Bertz CT molecular complexity index is 3210. The van der Waals surface area contributed by atoms with Gasteiger partial charge in [0.05, 0.1) is 22.1 Å². The van der Waals surface area contributed by atoms with Crippen LogP contribution in [-0.4, -0.2) is 9.13 Å². The van der Waals surface area contributed by atoms with E-state index in [1.54, 1.807) is 0 Å². The molecule has 244 valence electrons. The molecule has 52 heavy (non-hydrogen) atoms. The number of fused-ring (bicyclic) bond motifs is 12. The molecule has 0 saturated carbocycles. The van der Waals surface area contributed by atoms with Gasteiger partial charge in [-0.15, -0.1) is 0 Å². The van der Waals surface area contributed by atoms with Crippen molar-refractivity contribution in [3.05, 3.63) is 181 Å². The van der Waals surface area contributed by atoms with Crippen LogP contribution in [0.4, 0.5) is 0 Å². The molecule has 11 aromatic rings. The zero-order chi connectivity index (χ0) is 34.5. The number of hydrogen-bond acceptors (Lipinski definition) is 0. The molecule has 11 rings (SSSR count). The quantitative estimate of drug-likeness (QED) is 0.167. The van der Waals surface area contributed by atoms with Crippen LogP contribution in [0.1, 0.15) is 11.1 Å². The third-order valence-electron chi connectivity index (χ3n) is 11.4. The lowest BCUT2D eigenvalue weighted by molar-refractivity contribution is 1.16. The van der Waals surface area contributed by atoms with Gasteiger partial charge in [0, 0.05) is 32.9 Å². The van der Waals surface area contributed by atoms with Crippen LogP contribution < -0.4 is 0 Å². The first-order chi connectivity index (χ1) is 25.6. The van der Waals surface area contributed by atoms with Crippen molar-refractivity contribution in [2.75, 3.05) is 0 Å². The van der Waals surface area contributed by atoms with Gasteiger partial charge >= 0.3 is 0 Å². The normalized spacial score (nSPS) is 12.0. The van der Waals surface area contributed by atoms with Crippen LogP contribution >= 0.6 is 0 Å². The van der Waals surface area contributed by atoms with E-state index in [0.717, 1.165) is 0 Å². The first-order valence-electron chi connectivity index (χ1n) is 18.1. The molecule has 0 radical (unpaired) electrons. The summed E-state index contributed by atoms with van der Waals surface area (Å²) in [4.78, 5) is 0. The first kappa shape index (κ1) is 29.1. The predicted molar refractivity (Wildman–Crippen MR) is 223 cm³/mol. The predicted octanol–water partition coefficient (Wildman–Crippen LogP) is 13.6. The molecule has 0 aliphatic carbocycles. The average molecular weight is 663 g/mol. The Labute approximate surface area is 301 Å². The average Bonchev–Trinajstić information content (AvgIpc) is 3.71. The maximum atomic E-state index is 2.45. The van der Waals surface area contributed by atoms with Crippen molar-refractivity contribution in [1.82, 2.24) is 9.13 Å². The minimum Gasteiger partial charge on any atom is -0.309 e. The SMILES string of the molecule is Cc1ccc(-n2c3ccccc3c3cc(-n4c5ccccc5c5ccccc54)ccc32)cc1-c1cc2c3ccccc3c3ccccc3c2cc1C. The molecule has 0 amide bonds. The van der Waals surface area contributed by atoms with Crippen LogP contribution in [-0.2, 0) is 0 Å². The Morgan fingerprint density at radius 2 is 0.654 bits per heavy atom. The molecule has 9 aromatic carbocycles. The fourth-order valence-electron chi connectivity index (χ4n) is 8.97. The summed E-state index contributed by atoms with van der Waals surface area (Å²) in [6.45, 7) is 4.51. The molecular weight excluding hydrogens is 629 g/mol. The fourth-order valence-corrected chi connectivity index (χ4v) is 8.97. The van der Waals surface area contributed by atoms with Gasteiger partial charge in [0.25, 0.3) is 0 Å². The molecule has 2 heterocycles. The molecule has 0 bridgehead atoms. The number of rotatable bonds is 3. The van der Waals surface area contributed by atoms with Gasteiger partial charge in [-0.05, 0) is 123 Å². The molecule has 0 atom stereocenters. The highest BCUT2D eigenvalue weighted by Crippen LogP contribution is 2.41.